The molecular weight excluding hydrogens is 450 g/mol. The van der Waals surface area contributed by atoms with Gasteiger partial charge in [-0.3, -0.25) is 0 Å². The lowest BCUT2D eigenvalue weighted by atomic mass is 10.2. The number of hydrogen-bond acceptors (Lipinski definition) is 5. The highest BCUT2D eigenvalue weighted by Gasteiger charge is 2.29. The molecule has 32 heavy (non-hydrogen) atoms. The fourth-order valence-corrected chi connectivity index (χ4v) is 4.44. The van der Waals surface area contributed by atoms with Gasteiger partial charge in [0.2, 0.25) is 5.96 Å². The molecule has 0 bridgehead atoms. The number of para-hydroxylation sites is 2. The predicted molar refractivity (Wildman–Crippen MR) is 125 cm³/mol. The highest BCUT2D eigenvalue weighted by atomic mass is 35.5. The van der Waals surface area contributed by atoms with E-state index in [1.54, 1.807) is 36.4 Å². The number of sulfonamides is 1. The lowest BCUT2D eigenvalue weighted by molar-refractivity contribution is 0.317. The van der Waals surface area contributed by atoms with Crippen molar-refractivity contribution < 1.29 is 17.9 Å². The predicted octanol–water partition coefficient (Wildman–Crippen LogP) is 5.18. The number of fused-ring (bicyclic) bond motifs is 1. The van der Waals surface area contributed by atoms with Gasteiger partial charge in [0.05, 0.1) is 18.2 Å². The van der Waals surface area contributed by atoms with Gasteiger partial charge < -0.3 is 14.8 Å². The van der Waals surface area contributed by atoms with Crippen LogP contribution in [-0.2, 0) is 16.6 Å². The molecule has 0 fully saturated rings. The van der Waals surface area contributed by atoms with Crippen LogP contribution in [-0.4, -0.2) is 21.0 Å². The van der Waals surface area contributed by atoms with Gasteiger partial charge in [-0.05, 0) is 48.4 Å². The molecule has 0 unspecified atom stereocenters. The van der Waals surface area contributed by atoms with Crippen LogP contribution in [0.4, 0.5) is 5.69 Å². The molecule has 1 aliphatic heterocycles. The van der Waals surface area contributed by atoms with Crippen LogP contribution in [0, 0.1) is 0 Å². The maximum absolute atomic E-state index is 12.8. The molecule has 0 aliphatic carbocycles. The summed E-state index contributed by atoms with van der Waals surface area (Å²) < 4.78 is 39.6. The van der Waals surface area contributed by atoms with Crippen LogP contribution in [0.25, 0.3) is 0 Å². The van der Waals surface area contributed by atoms with Crippen molar-refractivity contribution in [3.05, 3.63) is 77.3 Å². The fraction of sp³-hybridized carbons (Fsp3) is 0.174. The van der Waals surface area contributed by atoms with Gasteiger partial charge in [-0.15, -0.1) is 0 Å². The number of benzene rings is 3. The zero-order chi connectivity index (χ0) is 22.6. The van der Waals surface area contributed by atoms with Crippen LogP contribution in [0.2, 0.25) is 5.02 Å². The molecule has 0 saturated heterocycles. The Hall–Kier alpha value is -3.23. The molecule has 7 nitrogen and oxygen atoms in total. The molecular formula is C23H22ClN3O4S. The number of aliphatic imine (C=N–C) groups is 1. The number of nitrogens with zero attached hydrogens (tertiary/aromatic N) is 1. The second kappa shape index (κ2) is 9.50. The van der Waals surface area contributed by atoms with Gasteiger partial charge in [0.1, 0.15) is 22.1 Å². The second-order valence-electron chi connectivity index (χ2n) is 7.05. The normalized spacial score (nSPS) is 15.4. The molecule has 9 heteroatoms. The highest BCUT2D eigenvalue weighted by Crippen LogP contribution is 2.38. The molecule has 1 aliphatic rings. The van der Waals surface area contributed by atoms with Gasteiger partial charge in [-0.1, -0.05) is 48.9 Å². The average molecular weight is 472 g/mol. The van der Waals surface area contributed by atoms with Crippen LogP contribution in [0.1, 0.15) is 18.9 Å². The molecule has 0 spiro atoms. The maximum atomic E-state index is 12.8. The topological polar surface area (TPSA) is 89.0 Å². The second-order valence-corrected chi connectivity index (χ2v) is 9.11. The monoisotopic (exact) mass is 471 g/mol. The van der Waals surface area contributed by atoms with E-state index < -0.39 is 10.0 Å². The zero-order valence-corrected chi connectivity index (χ0v) is 18.9. The Balaban J connectivity index is 1.60. The number of halogens is 1. The van der Waals surface area contributed by atoms with E-state index in [9.17, 15) is 8.42 Å². The van der Waals surface area contributed by atoms with Crippen molar-refractivity contribution in [2.75, 3.05) is 11.9 Å². The van der Waals surface area contributed by atoms with E-state index in [2.05, 4.69) is 15.0 Å². The Kier molecular flexibility index (Phi) is 6.53. The summed E-state index contributed by atoms with van der Waals surface area (Å²) in [6.07, 6.45) is 0.913. The van der Waals surface area contributed by atoms with Crippen molar-refractivity contribution >= 4 is 33.3 Å². The molecule has 166 valence electrons. The standard InChI is InChI=1S/C23H22ClN3O4S/c1-2-13-30-17-8-5-7-16(14-17)15-25-23-26-22-20(31-19-10-4-3-9-18(19)24)11-6-12-21(22)32(28,29)27-23/h3-12,14H,2,13,15H2,1H3,(H2,25,26,27). The van der Waals surface area contributed by atoms with E-state index in [0.29, 0.717) is 28.8 Å². The number of guanidine groups is 1. The minimum atomic E-state index is -3.82. The van der Waals surface area contributed by atoms with E-state index in [0.717, 1.165) is 17.7 Å². The number of anilines is 1. The highest BCUT2D eigenvalue weighted by molar-refractivity contribution is 7.90. The molecule has 4 rings (SSSR count). The van der Waals surface area contributed by atoms with Crippen molar-refractivity contribution in [2.45, 2.75) is 24.8 Å². The van der Waals surface area contributed by atoms with Gasteiger partial charge in [-0.2, -0.15) is 0 Å². The maximum Gasteiger partial charge on any atom is 0.266 e. The molecule has 0 aromatic heterocycles. The van der Waals surface area contributed by atoms with Crippen LogP contribution >= 0.6 is 11.6 Å². The first-order chi connectivity index (χ1) is 15.5. The first-order valence-electron chi connectivity index (χ1n) is 10.1. The van der Waals surface area contributed by atoms with Crippen LogP contribution in [0.5, 0.6) is 17.2 Å². The molecule has 3 aromatic rings. The Morgan fingerprint density at radius 2 is 1.78 bits per heavy atom. The molecule has 1 heterocycles. The largest absolute Gasteiger partial charge is 0.494 e. The third-order valence-electron chi connectivity index (χ3n) is 4.60. The molecule has 0 amide bonds. The van der Waals surface area contributed by atoms with Crippen molar-refractivity contribution in [3.8, 4) is 17.2 Å². The third-order valence-corrected chi connectivity index (χ3v) is 6.29. The minimum Gasteiger partial charge on any atom is -0.494 e. The fourth-order valence-electron chi connectivity index (χ4n) is 3.11. The van der Waals surface area contributed by atoms with E-state index in [1.165, 1.54) is 6.07 Å². The van der Waals surface area contributed by atoms with Crippen LogP contribution in [0.3, 0.4) is 0 Å². The summed E-state index contributed by atoms with van der Waals surface area (Å²) in [4.78, 5) is 4.48. The Morgan fingerprint density at radius 3 is 2.59 bits per heavy atom. The SMILES string of the molecule is CCCOc1cccc(CN=C2Nc3c(Oc4ccccc4Cl)cccc3S(=O)(=O)N2)c1. The van der Waals surface area contributed by atoms with E-state index >= 15 is 0 Å². The summed E-state index contributed by atoms with van der Waals surface area (Å²) in [5.74, 6) is 1.60. The Bertz CT molecular complexity index is 1260. The van der Waals surface area contributed by atoms with Crippen molar-refractivity contribution in [2.24, 2.45) is 4.99 Å². The van der Waals surface area contributed by atoms with Gasteiger partial charge in [0, 0.05) is 0 Å². The van der Waals surface area contributed by atoms with Crippen molar-refractivity contribution in [3.63, 3.8) is 0 Å². The van der Waals surface area contributed by atoms with Gasteiger partial charge in [-0.25, -0.2) is 18.1 Å². The van der Waals surface area contributed by atoms with Crippen molar-refractivity contribution in [1.29, 1.82) is 0 Å². The van der Waals surface area contributed by atoms with Crippen molar-refractivity contribution in [1.82, 2.24) is 4.72 Å². The molecule has 3 aromatic carbocycles. The van der Waals surface area contributed by atoms with Crippen LogP contribution in [0.15, 0.2) is 76.6 Å². The Labute approximate surface area is 192 Å². The summed E-state index contributed by atoms with van der Waals surface area (Å²) in [5, 5.41) is 3.46. The number of ether oxygens (including phenoxy) is 2. The zero-order valence-electron chi connectivity index (χ0n) is 17.3. The first-order valence-corrected chi connectivity index (χ1v) is 11.9. The summed E-state index contributed by atoms with van der Waals surface area (Å²) in [6.45, 7) is 2.93. The van der Waals surface area contributed by atoms with E-state index in [-0.39, 0.29) is 17.4 Å². The quantitative estimate of drug-likeness (QED) is 0.495. The lowest BCUT2D eigenvalue weighted by Crippen LogP contribution is -2.40. The number of rotatable bonds is 7. The number of hydrogen-bond donors (Lipinski definition) is 2. The Morgan fingerprint density at radius 1 is 1.00 bits per heavy atom. The van der Waals surface area contributed by atoms with Gasteiger partial charge >= 0.3 is 0 Å². The molecule has 2 N–H and O–H groups in total. The number of nitrogens with one attached hydrogen (secondary N) is 2. The van der Waals surface area contributed by atoms with Crippen LogP contribution < -0.4 is 19.5 Å². The summed E-state index contributed by atoms with van der Waals surface area (Å²) in [7, 11) is -3.82. The first kappa shape index (κ1) is 22.0. The summed E-state index contributed by atoms with van der Waals surface area (Å²) in [6, 6.07) is 19.3. The van der Waals surface area contributed by atoms with Gasteiger partial charge in [0.25, 0.3) is 10.0 Å². The molecule has 0 atom stereocenters. The minimum absolute atomic E-state index is 0.0657. The lowest BCUT2D eigenvalue weighted by Gasteiger charge is -2.23. The average Bonchev–Trinajstić information content (AvgIpc) is 2.78. The molecule has 0 radical (unpaired) electrons. The smallest absolute Gasteiger partial charge is 0.266 e. The van der Waals surface area contributed by atoms with E-state index in [1.807, 2.05) is 31.2 Å². The molecule has 0 saturated carbocycles. The van der Waals surface area contributed by atoms with Gasteiger partial charge in [0.15, 0.2) is 5.75 Å². The third kappa shape index (κ3) is 4.98. The summed E-state index contributed by atoms with van der Waals surface area (Å²) >= 11 is 6.19. The summed E-state index contributed by atoms with van der Waals surface area (Å²) in [5.41, 5.74) is 1.18. The van der Waals surface area contributed by atoms with E-state index in [4.69, 9.17) is 21.1 Å².